The predicted octanol–water partition coefficient (Wildman–Crippen LogP) is 6.29. The minimum absolute atomic E-state index is 0.137. The molecule has 2 fully saturated rings. The van der Waals surface area contributed by atoms with Crippen molar-refractivity contribution in [3.8, 4) is 5.75 Å². The van der Waals surface area contributed by atoms with Crippen LogP contribution in [0.4, 0.5) is 5.69 Å². The number of halogens is 1. The molecule has 1 saturated heterocycles. The summed E-state index contributed by atoms with van der Waals surface area (Å²) in [6.07, 6.45) is 7.22. The number of hydrogen-bond donors (Lipinski definition) is 1. The molecule has 2 aromatic carbocycles. The lowest BCUT2D eigenvalue weighted by Gasteiger charge is -2.48. The van der Waals surface area contributed by atoms with Crippen LogP contribution in [0.15, 0.2) is 36.4 Å². The van der Waals surface area contributed by atoms with E-state index in [9.17, 15) is 13.2 Å². The Hall–Kier alpha value is -2.41. The molecule has 282 valence electrons. The first-order chi connectivity index (χ1) is 24.5. The summed E-state index contributed by atoms with van der Waals surface area (Å²) in [6.45, 7) is 8.32. The number of ether oxygens (including phenoxy) is 4. The summed E-state index contributed by atoms with van der Waals surface area (Å²) in [5.74, 6) is 0.948. The molecular formula is C39H56ClN3O7S. The van der Waals surface area contributed by atoms with Gasteiger partial charge in [-0.3, -0.25) is 9.69 Å². The van der Waals surface area contributed by atoms with Gasteiger partial charge < -0.3 is 23.8 Å². The Kier molecular flexibility index (Phi) is 12.9. The number of carbonyl (C=O) groups is 1. The van der Waals surface area contributed by atoms with Gasteiger partial charge in [0.05, 0.1) is 36.8 Å². The van der Waals surface area contributed by atoms with Crippen molar-refractivity contribution in [3.63, 3.8) is 0 Å². The standard InChI is InChI=1S/C39H56ClN3O7S/c1-26-8-7-10-35(39-49-24-33(25-50-39)42(3)18-19-47-4)34-15-12-30(34)22-43-17-6-5-9-28-20-32(40)14-11-31(28)23-48-37-16-13-29(21-36(37)43)38(44)41-51(45,46)27(26)2/h11,13-14,16,20-21,26-27,30,33-35,39H,5-10,12,15,17-19,22-25H2,1-4H3,(H,41,44)/t26-,27+,30-,33-,34+,35-,39-/m0/s1. The van der Waals surface area contributed by atoms with Crippen molar-refractivity contribution in [2.24, 2.45) is 23.7 Å². The summed E-state index contributed by atoms with van der Waals surface area (Å²) >= 11 is 6.39. The van der Waals surface area contributed by atoms with E-state index in [1.54, 1.807) is 20.1 Å². The fraction of sp³-hybridized carbons (Fsp3) is 0.667. The second-order valence-corrected chi connectivity index (χ2v) is 17.7. The number of sulfonamides is 1. The number of rotatable bonds is 5. The topological polar surface area (TPSA) is 107 Å². The number of nitrogens with zero attached hydrogens (tertiary/aromatic N) is 2. The van der Waals surface area contributed by atoms with Gasteiger partial charge in [-0.25, -0.2) is 13.1 Å². The third-order valence-electron chi connectivity index (χ3n) is 12.0. The van der Waals surface area contributed by atoms with E-state index in [2.05, 4.69) is 21.6 Å². The molecule has 1 aliphatic carbocycles. The van der Waals surface area contributed by atoms with E-state index in [0.29, 0.717) is 54.6 Å². The average Bonchev–Trinajstić information content (AvgIpc) is 3.14. The summed E-state index contributed by atoms with van der Waals surface area (Å²) in [5.41, 5.74) is 3.40. The molecule has 1 saturated carbocycles. The number of amides is 1. The Balaban J connectivity index is 1.31. The van der Waals surface area contributed by atoms with Crippen LogP contribution in [0.25, 0.3) is 0 Å². The van der Waals surface area contributed by atoms with Crippen LogP contribution in [0.1, 0.15) is 80.3 Å². The zero-order valence-electron chi connectivity index (χ0n) is 30.7. The average molecular weight is 746 g/mol. The van der Waals surface area contributed by atoms with Crippen LogP contribution in [0, 0.1) is 23.7 Å². The van der Waals surface area contributed by atoms with Gasteiger partial charge in [0, 0.05) is 43.2 Å². The van der Waals surface area contributed by atoms with Crippen molar-refractivity contribution in [3.05, 3.63) is 58.1 Å². The molecule has 3 heterocycles. The number of aryl methyl sites for hydroxylation is 1. The van der Waals surface area contributed by atoms with Gasteiger partial charge in [0.2, 0.25) is 10.0 Å². The van der Waals surface area contributed by atoms with Crippen molar-refractivity contribution < 1.29 is 32.2 Å². The maximum atomic E-state index is 13.6. The predicted molar refractivity (Wildman–Crippen MR) is 200 cm³/mol. The molecule has 2 aromatic rings. The van der Waals surface area contributed by atoms with Crippen LogP contribution in [-0.2, 0) is 37.3 Å². The van der Waals surface area contributed by atoms with E-state index >= 15 is 0 Å². The number of fused-ring (bicyclic) bond motifs is 3. The molecule has 4 aliphatic rings. The summed E-state index contributed by atoms with van der Waals surface area (Å²) in [6, 6.07) is 11.4. The fourth-order valence-electron chi connectivity index (χ4n) is 8.22. The molecular weight excluding hydrogens is 690 g/mol. The van der Waals surface area contributed by atoms with Gasteiger partial charge >= 0.3 is 0 Å². The van der Waals surface area contributed by atoms with Crippen LogP contribution in [0.5, 0.6) is 5.75 Å². The minimum atomic E-state index is -3.92. The first-order valence-electron chi connectivity index (χ1n) is 18.8. The van der Waals surface area contributed by atoms with E-state index in [-0.39, 0.29) is 24.2 Å². The summed E-state index contributed by atoms with van der Waals surface area (Å²) in [7, 11) is -0.118. The number of anilines is 1. The lowest BCUT2D eigenvalue weighted by molar-refractivity contribution is -0.242. The van der Waals surface area contributed by atoms with Crippen molar-refractivity contribution in [1.29, 1.82) is 0 Å². The monoisotopic (exact) mass is 745 g/mol. The normalized spacial score (nSPS) is 30.5. The van der Waals surface area contributed by atoms with Gasteiger partial charge in [-0.05, 0) is 118 Å². The summed E-state index contributed by atoms with van der Waals surface area (Å²) in [5, 5.41) is -0.0161. The Morgan fingerprint density at radius 1 is 0.980 bits per heavy atom. The highest BCUT2D eigenvalue weighted by Crippen LogP contribution is 2.46. The molecule has 0 radical (unpaired) electrons. The van der Waals surface area contributed by atoms with Crippen molar-refractivity contribution in [1.82, 2.24) is 9.62 Å². The van der Waals surface area contributed by atoms with E-state index in [1.807, 2.05) is 37.3 Å². The molecule has 10 nitrogen and oxygen atoms in total. The minimum Gasteiger partial charge on any atom is -0.487 e. The van der Waals surface area contributed by atoms with Crippen LogP contribution < -0.4 is 14.4 Å². The fourth-order valence-corrected chi connectivity index (χ4v) is 9.73. The van der Waals surface area contributed by atoms with Gasteiger partial charge in [-0.1, -0.05) is 31.0 Å². The van der Waals surface area contributed by atoms with E-state index in [0.717, 1.165) is 82.3 Å². The first-order valence-corrected chi connectivity index (χ1v) is 20.7. The number of nitrogens with one attached hydrogen (secondary N) is 1. The van der Waals surface area contributed by atoms with Gasteiger partial charge in [-0.2, -0.15) is 0 Å². The van der Waals surface area contributed by atoms with Crippen LogP contribution >= 0.6 is 11.6 Å². The quantitative estimate of drug-likeness (QED) is 0.378. The maximum Gasteiger partial charge on any atom is 0.264 e. The molecule has 0 unspecified atom stereocenters. The van der Waals surface area contributed by atoms with Crippen LogP contribution in [0.3, 0.4) is 0 Å². The number of hydrogen-bond acceptors (Lipinski definition) is 9. The van der Waals surface area contributed by atoms with Gasteiger partial charge in [-0.15, -0.1) is 0 Å². The van der Waals surface area contributed by atoms with Gasteiger partial charge in [0.1, 0.15) is 12.4 Å². The number of benzene rings is 2. The first kappa shape index (κ1) is 38.3. The molecule has 0 spiro atoms. The molecule has 12 heteroatoms. The third kappa shape index (κ3) is 9.22. The van der Waals surface area contributed by atoms with Gasteiger partial charge in [0.25, 0.3) is 5.91 Å². The largest absolute Gasteiger partial charge is 0.487 e. The van der Waals surface area contributed by atoms with E-state index < -0.39 is 21.2 Å². The molecule has 0 aromatic heterocycles. The van der Waals surface area contributed by atoms with E-state index in [1.165, 1.54) is 5.56 Å². The molecule has 1 amide bonds. The SMILES string of the molecule is COCCN(C)[C@H]1CO[C@H]([C@H]2CCC[C@H](C)[C@@H](C)S(=O)(=O)NC(=O)c3ccc4c(c3)N(CCCCc3cc(Cl)ccc3CO4)C[C@@H]3CC[C@H]32)OC1. The molecule has 51 heavy (non-hydrogen) atoms. The number of methoxy groups -OCH3 is 1. The van der Waals surface area contributed by atoms with E-state index in [4.69, 9.17) is 30.5 Å². The Morgan fingerprint density at radius 2 is 1.78 bits per heavy atom. The zero-order chi connectivity index (χ0) is 36.1. The highest BCUT2D eigenvalue weighted by Gasteiger charge is 2.44. The third-order valence-corrected chi connectivity index (χ3v) is 14.1. The Labute approximate surface area is 309 Å². The lowest BCUT2D eigenvalue weighted by atomic mass is 9.65. The van der Waals surface area contributed by atoms with Crippen LogP contribution in [-0.4, -0.2) is 90.4 Å². The smallest absolute Gasteiger partial charge is 0.264 e. The second-order valence-electron chi connectivity index (χ2n) is 15.2. The number of likely N-dealkylation sites (N-methyl/N-ethyl adjacent to an activating group) is 1. The zero-order valence-corrected chi connectivity index (χ0v) is 32.2. The number of carbonyl (C=O) groups excluding carboxylic acids is 1. The molecule has 2 bridgehead atoms. The molecule has 1 N–H and O–H groups in total. The van der Waals surface area contributed by atoms with Gasteiger partial charge in [0.15, 0.2) is 6.29 Å². The maximum absolute atomic E-state index is 13.6. The lowest BCUT2D eigenvalue weighted by Crippen LogP contribution is -2.51. The molecule has 6 rings (SSSR count). The summed E-state index contributed by atoms with van der Waals surface area (Å²) in [4.78, 5) is 18.2. The highest BCUT2D eigenvalue weighted by molar-refractivity contribution is 7.90. The second kappa shape index (κ2) is 17.2. The molecule has 3 aliphatic heterocycles. The van der Waals surface area contributed by atoms with Crippen molar-refractivity contribution in [2.45, 2.75) is 89.4 Å². The van der Waals surface area contributed by atoms with Crippen molar-refractivity contribution >= 4 is 33.2 Å². The highest BCUT2D eigenvalue weighted by atomic mass is 35.5. The summed E-state index contributed by atoms with van der Waals surface area (Å²) < 4.78 is 54.3. The van der Waals surface area contributed by atoms with Crippen LogP contribution in [0.2, 0.25) is 5.02 Å². The van der Waals surface area contributed by atoms with Crippen molar-refractivity contribution in [2.75, 3.05) is 58.5 Å². The molecule has 5 atom stereocenters. The Morgan fingerprint density at radius 3 is 2.53 bits per heavy atom. The Bertz CT molecular complexity index is 1600.